The summed E-state index contributed by atoms with van der Waals surface area (Å²) in [6.07, 6.45) is 2.97. The molecule has 0 aliphatic rings. The fourth-order valence-electron chi connectivity index (χ4n) is 2.84. The monoisotopic (exact) mass is 447 g/mol. The number of rotatable bonds is 11. The van der Waals surface area contributed by atoms with Crippen LogP contribution in [0.3, 0.4) is 0 Å². The van der Waals surface area contributed by atoms with Gasteiger partial charge in [0, 0.05) is 30.8 Å². The Hall–Kier alpha value is -3.40. The molecule has 0 unspecified atom stereocenters. The van der Waals surface area contributed by atoms with E-state index in [1.807, 2.05) is 0 Å². The number of hydrogen-bond donors (Lipinski definition) is 1. The van der Waals surface area contributed by atoms with Crippen molar-refractivity contribution in [3.05, 3.63) is 70.8 Å². The first kappa shape index (κ1) is 23.9. The second-order valence-corrected chi connectivity index (χ2v) is 8.75. The molecule has 0 radical (unpaired) electrons. The second-order valence-electron chi connectivity index (χ2n) is 6.84. The van der Waals surface area contributed by atoms with Gasteiger partial charge in [0.25, 0.3) is 5.69 Å². The van der Waals surface area contributed by atoms with Crippen molar-refractivity contribution in [1.29, 1.82) is 0 Å². The first-order valence-corrected chi connectivity index (χ1v) is 11.3. The molecule has 0 aromatic heterocycles. The SMILES string of the molecule is C=CCOc1ccc(NC(=O)CCCN(c2cc([N+](=O)[O-])ccc2C)S(C)(=O)=O)cc1. The number of anilines is 2. The lowest BCUT2D eigenvalue weighted by Gasteiger charge is -2.24. The average molecular weight is 448 g/mol. The van der Waals surface area contributed by atoms with Crippen LogP contribution >= 0.6 is 0 Å². The molecule has 0 fully saturated rings. The maximum Gasteiger partial charge on any atom is 0.271 e. The first-order valence-electron chi connectivity index (χ1n) is 9.48. The lowest BCUT2D eigenvalue weighted by molar-refractivity contribution is -0.384. The van der Waals surface area contributed by atoms with Gasteiger partial charge < -0.3 is 10.1 Å². The normalized spacial score (nSPS) is 10.9. The molecule has 0 atom stereocenters. The molecule has 0 heterocycles. The number of carbonyl (C=O) groups is 1. The van der Waals surface area contributed by atoms with E-state index < -0.39 is 14.9 Å². The molecule has 0 spiro atoms. The number of nitro groups is 1. The van der Waals surface area contributed by atoms with Crippen LogP contribution in [0.5, 0.6) is 5.75 Å². The minimum atomic E-state index is -3.69. The molecule has 0 aliphatic heterocycles. The van der Waals surface area contributed by atoms with Crippen molar-refractivity contribution in [1.82, 2.24) is 0 Å². The van der Waals surface area contributed by atoms with Crippen LogP contribution in [-0.2, 0) is 14.8 Å². The predicted molar refractivity (Wildman–Crippen MR) is 120 cm³/mol. The number of ether oxygens (including phenoxy) is 1. The van der Waals surface area contributed by atoms with E-state index in [1.54, 1.807) is 37.3 Å². The van der Waals surface area contributed by atoms with Crippen LogP contribution in [0.15, 0.2) is 55.1 Å². The minimum absolute atomic E-state index is 0.0165. The van der Waals surface area contributed by atoms with E-state index in [2.05, 4.69) is 11.9 Å². The highest BCUT2D eigenvalue weighted by Crippen LogP contribution is 2.28. The standard InChI is InChI=1S/C21H25N3O6S/c1-4-14-30-19-11-8-17(9-12-19)22-21(25)6-5-13-23(31(3,28)29)20-15-18(24(26)27)10-7-16(20)2/h4,7-12,15H,1,5-6,13-14H2,2-3H3,(H,22,25). The van der Waals surface area contributed by atoms with Gasteiger partial charge in [-0.3, -0.25) is 19.2 Å². The summed E-state index contributed by atoms with van der Waals surface area (Å²) in [5.41, 5.74) is 1.20. The Labute approximate surface area is 181 Å². The smallest absolute Gasteiger partial charge is 0.271 e. The topological polar surface area (TPSA) is 119 Å². The third-order valence-electron chi connectivity index (χ3n) is 4.34. The number of aryl methyl sites for hydroxylation is 1. The van der Waals surface area contributed by atoms with Crippen molar-refractivity contribution in [2.24, 2.45) is 0 Å². The molecule has 0 saturated carbocycles. The van der Waals surface area contributed by atoms with E-state index in [0.29, 0.717) is 23.6 Å². The number of sulfonamides is 1. The Morgan fingerprint density at radius 2 is 1.94 bits per heavy atom. The van der Waals surface area contributed by atoms with Gasteiger partial charge in [0.2, 0.25) is 15.9 Å². The van der Waals surface area contributed by atoms with Crippen LogP contribution < -0.4 is 14.4 Å². The summed E-state index contributed by atoms with van der Waals surface area (Å²) in [6.45, 7) is 5.64. The molecule has 2 rings (SSSR count). The van der Waals surface area contributed by atoms with E-state index >= 15 is 0 Å². The highest BCUT2D eigenvalue weighted by atomic mass is 32.2. The minimum Gasteiger partial charge on any atom is -0.490 e. The molecule has 1 amide bonds. The van der Waals surface area contributed by atoms with Crippen molar-refractivity contribution in [3.8, 4) is 5.75 Å². The van der Waals surface area contributed by atoms with Crippen LogP contribution in [0.4, 0.5) is 17.1 Å². The third-order valence-corrected chi connectivity index (χ3v) is 5.52. The van der Waals surface area contributed by atoms with Crippen molar-refractivity contribution < 1.29 is 22.9 Å². The summed E-state index contributed by atoms with van der Waals surface area (Å²) in [5, 5.41) is 13.8. The Kier molecular flexibility index (Phi) is 8.14. The number of carbonyl (C=O) groups excluding carboxylic acids is 1. The van der Waals surface area contributed by atoms with Gasteiger partial charge in [-0.2, -0.15) is 0 Å². The number of hydrogen-bond acceptors (Lipinski definition) is 6. The highest BCUT2D eigenvalue weighted by molar-refractivity contribution is 7.92. The van der Waals surface area contributed by atoms with E-state index in [0.717, 1.165) is 10.6 Å². The summed E-state index contributed by atoms with van der Waals surface area (Å²) in [4.78, 5) is 22.7. The average Bonchev–Trinajstić information content (AvgIpc) is 2.70. The zero-order valence-electron chi connectivity index (χ0n) is 17.4. The van der Waals surface area contributed by atoms with Gasteiger partial charge in [-0.15, -0.1) is 0 Å². The summed E-state index contributed by atoms with van der Waals surface area (Å²) >= 11 is 0. The van der Waals surface area contributed by atoms with Crippen LogP contribution in [0, 0.1) is 17.0 Å². The summed E-state index contributed by atoms with van der Waals surface area (Å²) in [7, 11) is -3.69. The fourth-order valence-corrected chi connectivity index (χ4v) is 3.86. The third kappa shape index (κ3) is 7.10. The molecule has 0 aliphatic carbocycles. The van der Waals surface area contributed by atoms with Crippen LogP contribution in [0.2, 0.25) is 0 Å². The molecule has 166 valence electrons. The Morgan fingerprint density at radius 1 is 1.26 bits per heavy atom. The molecule has 10 heteroatoms. The Balaban J connectivity index is 2.00. The molecule has 0 saturated heterocycles. The van der Waals surface area contributed by atoms with Crippen LogP contribution in [-0.4, -0.2) is 38.7 Å². The lowest BCUT2D eigenvalue weighted by Crippen LogP contribution is -2.32. The zero-order chi connectivity index (χ0) is 23.0. The molecule has 2 aromatic carbocycles. The van der Waals surface area contributed by atoms with Crippen LogP contribution in [0.25, 0.3) is 0 Å². The fraction of sp³-hybridized carbons (Fsp3) is 0.286. The molecular formula is C21H25N3O6S. The number of nitrogens with zero attached hydrogens (tertiary/aromatic N) is 2. The van der Waals surface area contributed by atoms with E-state index in [1.165, 1.54) is 18.2 Å². The predicted octanol–water partition coefficient (Wildman–Crippen LogP) is 3.65. The number of non-ortho nitro benzene ring substituents is 1. The lowest BCUT2D eigenvalue weighted by atomic mass is 10.1. The summed E-state index contributed by atoms with van der Waals surface area (Å²) in [6, 6.07) is 10.9. The van der Waals surface area contributed by atoms with Gasteiger partial charge in [0.1, 0.15) is 12.4 Å². The largest absolute Gasteiger partial charge is 0.490 e. The number of nitro benzene ring substituents is 1. The van der Waals surface area contributed by atoms with Crippen molar-refractivity contribution >= 4 is 33.0 Å². The number of benzene rings is 2. The molecule has 2 aromatic rings. The van der Waals surface area contributed by atoms with Crippen molar-refractivity contribution in [3.63, 3.8) is 0 Å². The Bertz CT molecular complexity index is 1050. The first-order chi connectivity index (χ1) is 14.6. The van der Waals surface area contributed by atoms with E-state index in [4.69, 9.17) is 4.74 Å². The quantitative estimate of drug-likeness (QED) is 0.319. The van der Waals surface area contributed by atoms with E-state index in [-0.39, 0.29) is 36.7 Å². The van der Waals surface area contributed by atoms with Gasteiger partial charge in [0.05, 0.1) is 16.9 Å². The maximum absolute atomic E-state index is 12.3. The van der Waals surface area contributed by atoms with Gasteiger partial charge in [0.15, 0.2) is 0 Å². The number of amides is 1. The number of nitrogens with one attached hydrogen (secondary N) is 1. The van der Waals surface area contributed by atoms with E-state index in [9.17, 15) is 23.3 Å². The summed E-state index contributed by atoms with van der Waals surface area (Å²) in [5.74, 6) is 0.373. The van der Waals surface area contributed by atoms with Crippen LogP contribution in [0.1, 0.15) is 18.4 Å². The highest BCUT2D eigenvalue weighted by Gasteiger charge is 2.22. The van der Waals surface area contributed by atoms with Gasteiger partial charge in [-0.25, -0.2) is 8.42 Å². The molecule has 0 bridgehead atoms. The molecule has 1 N–H and O–H groups in total. The Morgan fingerprint density at radius 3 is 2.52 bits per heavy atom. The van der Waals surface area contributed by atoms with Crippen molar-refractivity contribution in [2.75, 3.05) is 29.0 Å². The van der Waals surface area contributed by atoms with Gasteiger partial charge in [-0.05, 0) is 43.2 Å². The van der Waals surface area contributed by atoms with Gasteiger partial charge in [-0.1, -0.05) is 18.7 Å². The molecular weight excluding hydrogens is 422 g/mol. The molecule has 31 heavy (non-hydrogen) atoms. The zero-order valence-corrected chi connectivity index (χ0v) is 18.2. The summed E-state index contributed by atoms with van der Waals surface area (Å²) < 4.78 is 31.0. The second kappa shape index (κ2) is 10.6. The maximum atomic E-state index is 12.3. The van der Waals surface area contributed by atoms with Crippen molar-refractivity contribution in [2.45, 2.75) is 19.8 Å². The molecule has 9 nitrogen and oxygen atoms in total. The van der Waals surface area contributed by atoms with Gasteiger partial charge >= 0.3 is 0 Å².